The zero-order valence-corrected chi connectivity index (χ0v) is 16.6. The molecular weight excluding hydrogens is 402 g/mol. The molecular formula is C19H14ClN3O2S2. The summed E-state index contributed by atoms with van der Waals surface area (Å²) in [4.78, 5) is 28.4. The van der Waals surface area contributed by atoms with E-state index in [4.69, 9.17) is 23.8 Å². The van der Waals surface area contributed by atoms with E-state index in [1.54, 1.807) is 22.6 Å². The Hall–Kier alpha value is -2.48. The molecule has 4 rings (SSSR count). The Bertz CT molecular complexity index is 1300. The van der Waals surface area contributed by atoms with Crippen LogP contribution >= 0.6 is 35.2 Å². The first-order valence-electron chi connectivity index (χ1n) is 8.25. The molecule has 0 saturated carbocycles. The van der Waals surface area contributed by atoms with Crippen LogP contribution in [0.15, 0.2) is 47.3 Å². The molecule has 4 aromatic rings. The second-order valence-corrected chi connectivity index (χ2v) is 8.08. The molecule has 0 atom stereocenters. The van der Waals surface area contributed by atoms with E-state index in [9.17, 15) is 9.59 Å². The number of aryl methyl sites for hydroxylation is 1. The fraction of sp³-hybridized carbons (Fsp3) is 0.105. The molecule has 2 N–H and O–H groups in total. The predicted octanol–water partition coefficient (Wildman–Crippen LogP) is 5.04. The van der Waals surface area contributed by atoms with E-state index in [1.165, 1.54) is 5.56 Å². The molecule has 0 bridgehead atoms. The Morgan fingerprint density at radius 3 is 2.70 bits per heavy atom. The van der Waals surface area contributed by atoms with E-state index < -0.39 is 0 Å². The van der Waals surface area contributed by atoms with Crippen molar-refractivity contribution in [3.05, 3.63) is 72.2 Å². The van der Waals surface area contributed by atoms with Crippen molar-refractivity contribution in [1.29, 1.82) is 0 Å². The first-order valence-corrected chi connectivity index (χ1v) is 9.85. The van der Waals surface area contributed by atoms with Crippen LogP contribution in [0.2, 0.25) is 5.02 Å². The number of benzene rings is 2. The van der Waals surface area contributed by atoms with E-state index >= 15 is 0 Å². The van der Waals surface area contributed by atoms with Crippen LogP contribution in [-0.2, 0) is 6.42 Å². The van der Waals surface area contributed by atoms with Crippen molar-refractivity contribution in [3.63, 3.8) is 0 Å². The van der Waals surface area contributed by atoms with Crippen LogP contribution in [0.5, 0.6) is 0 Å². The number of thiazole rings is 1. The average molecular weight is 416 g/mol. The Labute approximate surface area is 168 Å². The van der Waals surface area contributed by atoms with Crippen LogP contribution in [-0.4, -0.2) is 15.3 Å². The molecule has 8 heteroatoms. The summed E-state index contributed by atoms with van der Waals surface area (Å²) in [7, 11) is 0. The van der Waals surface area contributed by atoms with Crippen LogP contribution in [0, 0.1) is 3.95 Å². The maximum absolute atomic E-state index is 12.8. The lowest BCUT2D eigenvalue weighted by molar-refractivity contribution is 0.103. The first kappa shape index (κ1) is 17.9. The van der Waals surface area contributed by atoms with Gasteiger partial charge in [0.15, 0.2) is 3.95 Å². The molecule has 2 heterocycles. The summed E-state index contributed by atoms with van der Waals surface area (Å²) in [6.07, 6.45) is 0.927. The molecule has 136 valence electrons. The van der Waals surface area contributed by atoms with Crippen molar-refractivity contribution >= 4 is 63.3 Å². The first-order chi connectivity index (χ1) is 13.0. The minimum absolute atomic E-state index is 0.296. The molecule has 0 aliphatic heterocycles. The number of aromatic nitrogens is 2. The van der Waals surface area contributed by atoms with Gasteiger partial charge in [-0.1, -0.05) is 42.0 Å². The molecule has 0 spiro atoms. The van der Waals surface area contributed by atoms with Gasteiger partial charge < -0.3 is 10.3 Å². The predicted molar refractivity (Wildman–Crippen MR) is 113 cm³/mol. The second kappa shape index (κ2) is 6.92. The molecule has 2 aromatic carbocycles. The van der Waals surface area contributed by atoms with E-state index in [-0.39, 0.29) is 11.5 Å². The number of halogens is 1. The van der Waals surface area contributed by atoms with Crippen LogP contribution in [0.4, 0.5) is 5.69 Å². The summed E-state index contributed by atoms with van der Waals surface area (Å²) in [6.45, 7) is 2.07. The molecule has 1 amide bonds. The van der Waals surface area contributed by atoms with Gasteiger partial charge in [-0.25, -0.2) is 0 Å². The molecule has 0 aliphatic rings. The SMILES string of the molecule is CCc1ccc(NC(=O)c2sc(=S)n3c2[nH]c(=O)c2ccc(Cl)cc23)cc1. The third-order valence-electron chi connectivity index (χ3n) is 4.31. The van der Waals surface area contributed by atoms with Gasteiger partial charge in [0.2, 0.25) is 0 Å². The Balaban J connectivity index is 1.84. The lowest BCUT2D eigenvalue weighted by atomic mass is 10.1. The summed E-state index contributed by atoms with van der Waals surface area (Å²) in [5.41, 5.74) is 2.52. The molecule has 0 unspecified atom stereocenters. The number of hydrogen-bond acceptors (Lipinski definition) is 4. The van der Waals surface area contributed by atoms with Crippen molar-refractivity contribution in [3.8, 4) is 0 Å². The topological polar surface area (TPSA) is 66.4 Å². The summed E-state index contributed by atoms with van der Waals surface area (Å²) in [5.74, 6) is -0.324. The second-order valence-electron chi connectivity index (χ2n) is 6.00. The Morgan fingerprint density at radius 2 is 2.00 bits per heavy atom. The van der Waals surface area contributed by atoms with Gasteiger partial charge in [0.05, 0.1) is 10.9 Å². The van der Waals surface area contributed by atoms with Gasteiger partial charge in [0, 0.05) is 10.7 Å². The molecule has 0 radical (unpaired) electrons. The Kier molecular flexibility index (Phi) is 4.59. The summed E-state index contributed by atoms with van der Waals surface area (Å²) >= 11 is 12.7. The summed E-state index contributed by atoms with van der Waals surface area (Å²) < 4.78 is 2.14. The number of amides is 1. The quantitative estimate of drug-likeness (QED) is 0.460. The zero-order valence-electron chi connectivity index (χ0n) is 14.2. The summed E-state index contributed by atoms with van der Waals surface area (Å²) in [6, 6.07) is 12.6. The lowest BCUT2D eigenvalue weighted by Crippen LogP contribution is -2.15. The van der Waals surface area contributed by atoms with Crippen LogP contribution in [0.1, 0.15) is 22.2 Å². The highest BCUT2D eigenvalue weighted by Gasteiger charge is 2.18. The molecule has 27 heavy (non-hydrogen) atoms. The van der Waals surface area contributed by atoms with Gasteiger partial charge in [-0.05, 0) is 54.5 Å². The van der Waals surface area contributed by atoms with Crippen molar-refractivity contribution < 1.29 is 4.79 Å². The highest BCUT2D eigenvalue weighted by atomic mass is 35.5. The molecule has 2 aromatic heterocycles. The highest BCUT2D eigenvalue weighted by molar-refractivity contribution is 7.73. The third kappa shape index (κ3) is 3.18. The number of hydrogen-bond donors (Lipinski definition) is 2. The monoisotopic (exact) mass is 415 g/mol. The number of nitrogens with one attached hydrogen (secondary N) is 2. The Morgan fingerprint density at radius 1 is 1.26 bits per heavy atom. The highest BCUT2D eigenvalue weighted by Crippen LogP contribution is 2.25. The molecule has 0 saturated heterocycles. The number of carbonyl (C=O) groups excluding carboxylic acids is 1. The standard InChI is InChI=1S/C19H14ClN3O2S2/c1-2-10-3-6-12(7-4-10)21-18(25)15-16-22-17(24)13-8-5-11(20)9-14(13)23(16)19(26)27-15/h3-9H,2H2,1H3,(H,21,25)(H,22,24). The van der Waals surface area contributed by atoms with Gasteiger partial charge in [-0.3, -0.25) is 14.0 Å². The van der Waals surface area contributed by atoms with E-state index in [1.807, 2.05) is 24.3 Å². The maximum atomic E-state index is 12.8. The van der Waals surface area contributed by atoms with E-state index in [0.29, 0.717) is 36.1 Å². The minimum Gasteiger partial charge on any atom is -0.321 e. The van der Waals surface area contributed by atoms with Gasteiger partial charge >= 0.3 is 0 Å². The van der Waals surface area contributed by atoms with Crippen molar-refractivity contribution in [2.45, 2.75) is 13.3 Å². The number of fused-ring (bicyclic) bond motifs is 3. The molecule has 0 fully saturated rings. The minimum atomic E-state index is -0.324. The van der Waals surface area contributed by atoms with Gasteiger partial charge in [-0.15, -0.1) is 0 Å². The fourth-order valence-corrected chi connectivity index (χ4v) is 4.37. The average Bonchev–Trinajstić information content (AvgIpc) is 2.99. The van der Waals surface area contributed by atoms with Gasteiger partial charge in [0.1, 0.15) is 10.5 Å². The van der Waals surface area contributed by atoms with Crippen LogP contribution < -0.4 is 10.9 Å². The number of rotatable bonds is 3. The number of anilines is 1. The van der Waals surface area contributed by atoms with Crippen molar-refractivity contribution in [2.75, 3.05) is 5.32 Å². The molecule has 0 aliphatic carbocycles. The fourth-order valence-electron chi connectivity index (χ4n) is 2.93. The smallest absolute Gasteiger partial charge is 0.269 e. The number of nitrogens with zero attached hydrogens (tertiary/aromatic N) is 1. The maximum Gasteiger partial charge on any atom is 0.269 e. The molecule has 5 nitrogen and oxygen atoms in total. The zero-order chi connectivity index (χ0) is 19.1. The van der Waals surface area contributed by atoms with Crippen LogP contribution in [0.3, 0.4) is 0 Å². The lowest BCUT2D eigenvalue weighted by Gasteiger charge is -2.06. The normalized spacial score (nSPS) is 11.2. The van der Waals surface area contributed by atoms with Crippen molar-refractivity contribution in [1.82, 2.24) is 9.38 Å². The number of aromatic amines is 1. The van der Waals surface area contributed by atoms with E-state index in [2.05, 4.69) is 17.2 Å². The van der Waals surface area contributed by atoms with E-state index in [0.717, 1.165) is 17.8 Å². The van der Waals surface area contributed by atoms with Crippen LogP contribution in [0.25, 0.3) is 16.6 Å². The van der Waals surface area contributed by atoms with Crippen molar-refractivity contribution in [2.24, 2.45) is 0 Å². The number of H-pyrrole nitrogens is 1. The largest absolute Gasteiger partial charge is 0.321 e. The van der Waals surface area contributed by atoms with Gasteiger partial charge in [-0.2, -0.15) is 0 Å². The summed E-state index contributed by atoms with van der Waals surface area (Å²) in [5, 5.41) is 3.81. The third-order valence-corrected chi connectivity index (χ3v) is 5.92. The number of carbonyl (C=O) groups is 1. The van der Waals surface area contributed by atoms with Gasteiger partial charge in [0.25, 0.3) is 11.5 Å².